The van der Waals surface area contributed by atoms with Crippen molar-refractivity contribution in [1.29, 1.82) is 0 Å². The maximum atomic E-state index is 11.4. The molecule has 1 atom stereocenters. The molecule has 0 radical (unpaired) electrons. The standard InChI is InChI=1S/C14H21NO3/c15-14(18)12(8-4-5-9-13(16)17)10-11-6-2-1-3-7-11/h1-3,6-7,12-13,16-17H,4-5,8-10H2,(H2,15,18). The van der Waals surface area contributed by atoms with Crippen LogP contribution in [-0.2, 0) is 11.2 Å². The molecule has 1 unspecified atom stereocenters. The summed E-state index contributed by atoms with van der Waals surface area (Å²) >= 11 is 0. The van der Waals surface area contributed by atoms with Crippen LogP contribution in [0.15, 0.2) is 30.3 Å². The van der Waals surface area contributed by atoms with Crippen LogP contribution in [0.1, 0.15) is 31.2 Å². The van der Waals surface area contributed by atoms with Crippen molar-refractivity contribution in [3.8, 4) is 0 Å². The van der Waals surface area contributed by atoms with Gasteiger partial charge in [0, 0.05) is 5.92 Å². The summed E-state index contributed by atoms with van der Waals surface area (Å²) in [6, 6.07) is 9.78. The number of carbonyl (C=O) groups excluding carboxylic acids is 1. The van der Waals surface area contributed by atoms with Crippen LogP contribution in [0.2, 0.25) is 0 Å². The van der Waals surface area contributed by atoms with E-state index < -0.39 is 6.29 Å². The molecular weight excluding hydrogens is 230 g/mol. The summed E-state index contributed by atoms with van der Waals surface area (Å²) < 4.78 is 0. The number of rotatable bonds is 8. The maximum absolute atomic E-state index is 11.4. The van der Waals surface area contributed by atoms with E-state index in [1.165, 1.54) is 0 Å². The van der Waals surface area contributed by atoms with Gasteiger partial charge in [-0.05, 0) is 31.2 Å². The van der Waals surface area contributed by atoms with Crippen molar-refractivity contribution in [3.63, 3.8) is 0 Å². The van der Waals surface area contributed by atoms with Crippen LogP contribution < -0.4 is 5.73 Å². The molecule has 0 saturated carbocycles. The average molecular weight is 251 g/mol. The molecule has 1 aromatic rings. The number of primary amides is 1. The molecule has 0 bridgehead atoms. The highest BCUT2D eigenvalue weighted by Crippen LogP contribution is 2.16. The molecule has 4 heteroatoms. The molecule has 0 aliphatic carbocycles. The van der Waals surface area contributed by atoms with Crippen LogP contribution in [0, 0.1) is 5.92 Å². The molecule has 1 rings (SSSR count). The first-order valence-corrected chi connectivity index (χ1v) is 6.29. The first-order chi connectivity index (χ1) is 8.59. The maximum Gasteiger partial charge on any atom is 0.220 e. The Kier molecular flexibility index (Phi) is 6.39. The topological polar surface area (TPSA) is 83.6 Å². The number of aliphatic hydroxyl groups excluding tert-OH is 1. The highest BCUT2D eigenvalue weighted by atomic mass is 16.5. The van der Waals surface area contributed by atoms with E-state index in [2.05, 4.69) is 0 Å². The first-order valence-electron chi connectivity index (χ1n) is 6.29. The van der Waals surface area contributed by atoms with Crippen LogP contribution in [0.3, 0.4) is 0 Å². The van der Waals surface area contributed by atoms with Crippen molar-refractivity contribution in [3.05, 3.63) is 35.9 Å². The van der Waals surface area contributed by atoms with Crippen molar-refractivity contribution in [2.45, 2.75) is 38.4 Å². The van der Waals surface area contributed by atoms with Gasteiger partial charge in [-0.1, -0.05) is 36.8 Å². The number of hydrogen-bond donors (Lipinski definition) is 3. The Labute approximate surface area is 107 Å². The third-order valence-electron chi connectivity index (χ3n) is 2.99. The molecule has 4 nitrogen and oxygen atoms in total. The molecule has 0 spiro atoms. The number of aliphatic hydroxyl groups is 2. The lowest BCUT2D eigenvalue weighted by Gasteiger charge is -2.13. The second kappa shape index (κ2) is 7.84. The van der Waals surface area contributed by atoms with E-state index in [0.29, 0.717) is 25.7 Å². The van der Waals surface area contributed by atoms with Gasteiger partial charge in [-0.25, -0.2) is 0 Å². The third-order valence-corrected chi connectivity index (χ3v) is 2.99. The van der Waals surface area contributed by atoms with E-state index in [-0.39, 0.29) is 11.8 Å². The van der Waals surface area contributed by atoms with Gasteiger partial charge in [0.05, 0.1) is 0 Å². The smallest absolute Gasteiger partial charge is 0.220 e. The van der Waals surface area contributed by atoms with Gasteiger partial charge < -0.3 is 15.9 Å². The largest absolute Gasteiger partial charge is 0.369 e. The quantitative estimate of drug-likeness (QED) is 0.479. The molecule has 1 aromatic carbocycles. The minimum atomic E-state index is -1.26. The van der Waals surface area contributed by atoms with E-state index in [1.807, 2.05) is 30.3 Å². The lowest BCUT2D eigenvalue weighted by atomic mass is 9.93. The molecule has 0 aliphatic heterocycles. The molecule has 0 fully saturated rings. The highest BCUT2D eigenvalue weighted by Gasteiger charge is 2.15. The molecule has 0 saturated heterocycles. The molecule has 1 amide bonds. The lowest BCUT2D eigenvalue weighted by Crippen LogP contribution is -2.25. The van der Waals surface area contributed by atoms with Crippen LogP contribution in [0.25, 0.3) is 0 Å². The summed E-state index contributed by atoms with van der Waals surface area (Å²) in [7, 11) is 0. The van der Waals surface area contributed by atoms with Gasteiger partial charge in [-0.3, -0.25) is 4.79 Å². The van der Waals surface area contributed by atoms with Crippen molar-refractivity contribution in [1.82, 2.24) is 0 Å². The van der Waals surface area contributed by atoms with Gasteiger partial charge in [-0.15, -0.1) is 0 Å². The highest BCUT2D eigenvalue weighted by molar-refractivity contribution is 5.76. The number of carbonyl (C=O) groups is 1. The van der Waals surface area contributed by atoms with Crippen LogP contribution in [0.5, 0.6) is 0 Å². The van der Waals surface area contributed by atoms with Crippen molar-refractivity contribution >= 4 is 5.91 Å². The summed E-state index contributed by atoms with van der Waals surface area (Å²) in [5.74, 6) is -0.466. The van der Waals surface area contributed by atoms with Crippen LogP contribution in [0.4, 0.5) is 0 Å². The minimum Gasteiger partial charge on any atom is -0.369 e. The molecular formula is C14H21NO3. The van der Waals surface area contributed by atoms with Gasteiger partial charge in [0.15, 0.2) is 6.29 Å². The van der Waals surface area contributed by atoms with E-state index in [4.69, 9.17) is 15.9 Å². The zero-order chi connectivity index (χ0) is 13.4. The minimum absolute atomic E-state index is 0.178. The summed E-state index contributed by atoms with van der Waals surface area (Å²) in [6.45, 7) is 0. The molecule has 0 aromatic heterocycles. The van der Waals surface area contributed by atoms with Gasteiger partial charge in [-0.2, -0.15) is 0 Å². The van der Waals surface area contributed by atoms with E-state index >= 15 is 0 Å². The fourth-order valence-corrected chi connectivity index (χ4v) is 1.96. The van der Waals surface area contributed by atoms with E-state index in [9.17, 15) is 4.79 Å². The summed E-state index contributed by atoms with van der Waals surface area (Å²) in [6.07, 6.45) is 1.89. The lowest BCUT2D eigenvalue weighted by molar-refractivity contribution is -0.122. The predicted octanol–water partition coefficient (Wildman–Crippen LogP) is 1.20. The second-order valence-corrected chi connectivity index (χ2v) is 4.55. The first kappa shape index (κ1) is 14.7. The fourth-order valence-electron chi connectivity index (χ4n) is 1.96. The summed E-state index contributed by atoms with van der Waals surface area (Å²) in [4.78, 5) is 11.4. The average Bonchev–Trinajstić information content (AvgIpc) is 2.33. The molecule has 100 valence electrons. The monoisotopic (exact) mass is 251 g/mol. The molecule has 0 heterocycles. The van der Waals surface area contributed by atoms with Crippen LogP contribution >= 0.6 is 0 Å². The van der Waals surface area contributed by atoms with Crippen molar-refractivity contribution in [2.24, 2.45) is 11.7 Å². The van der Waals surface area contributed by atoms with Gasteiger partial charge in [0.1, 0.15) is 0 Å². The number of amides is 1. The Bertz CT molecular complexity index is 351. The Balaban J connectivity index is 2.39. The van der Waals surface area contributed by atoms with E-state index in [0.717, 1.165) is 12.0 Å². The molecule has 0 aliphatic rings. The third kappa shape index (κ3) is 5.80. The number of benzene rings is 1. The summed E-state index contributed by atoms with van der Waals surface area (Å²) in [5, 5.41) is 17.5. The Morgan fingerprint density at radius 1 is 1.11 bits per heavy atom. The van der Waals surface area contributed by atoms with Crippen molar-refractivity contribution < 1.29 is 15.0 Å². The number of nitrogens with two attached hydrogens (primary N) is 1. The Hall–Kier alpha value is -1.39. The molecule has 4 N–H and O–H groups in total. The fraction of sp³-hybridized carbons (Fsp3) is 0.500. The van der Waals surface area contributed by atoms with Gasteiger partial charge in [0.25, 0.3) is 0 Å². The zero-order valence-electron chi connectivity index (χ0n) is 10.5. The van der Waals surface area contributed by atoms with Crippen molar-refractivity contribution in [2.75, 3.05) is 0 Å². The SMILES string of the molecule is NC(=O)C(CCCCC(O)O)Cc1ccccc1. The number of hydrogen-bond acceptors (Lipinski definition) is 3. The summed E-state index contributed by atoms with van der Waals surface area (Å²) in [5.41, 5.74) is 6.49. The second-order valence-electron chi connectivity index (χ2n) is 4.55. The molecule has 18 heavy (non-hydrogen) atoms. The van der Waals surface area contributed by atoms with Gasteiger partial charge in [0.2, 0.25) is 5.91 Å². The van der Waals surface area contributed by atoms with E-state index in [1.54, 1.807) is 0 Å². The Morgan fingerprint density at radius 2 is 1.72 bits per heavy atom. The number of unbranched alkanes of at least 4 members (excludes halogenated alkanes) is 1. The predicted molar refractivity (Wildman–Crippen MR) is 69.5 cm³/mol. The normalized spacial score (nSPS) is 12.6. The zero-order valence-corrected chi connectivity index (χ0v) is 10.5. The van der Waals surface area contributed by atoms with Crippen LogP contribution in [-0.4, -0.2) is 22.4 Å². The Morgan fingerprint density at radius 3 is 2.28 bits per heavy atom. The van der Waals surface area contributed by atoms with Gasteiger partial charge >= 0.3 is 0 Å².